The second kappa shape index (κ2) is 7.18. The van der Waals surface area contributed by atoms with Gasteiger partial charge in [0.1, 0.15) is 5.75 Å². The van der Waals surface area contributed by atoms with Crippen LogP contribution in [0, 0.1) is 6.92 Å². The molecule has 4 aromatic rings. The zero-order valence-corrected chi connectivity index (χ0v) is 17.0. The van der Waals surface area contributed by atoms with Crippen molar-refractivity contribution >= 4 is 21.6 Å². The second-order valence-electron chi connectivity index (χ2n) is 6.43. The summed E-state index contributed by atoms with van der Waals surface area (Å²) in [6.07, 6.45) is -4.60. The Kier molecular flexibility index (Phi) is 4.82. The molecule has 0 aliphatic carbocycles. The van der Waals surface area contributed by atoms with Crippen molar-refractivity contribution in [2.24, 2.45) is 0 Å². The molecular weight excluding hydrogens is 447 g/mol. The zero-order chi connectivity index (χ0) is 20.8. The molecule has 0 aliphatic rings. The van der Waals surface area contributed by atoms with Gasteiger partial charge in [-0.3, -0.25) is 0 Å². The fourth-order valence-electron chi connectivity index (χ4n) is 3.26. The minimum absolute atomic E-state index is 0.125. The van der Waals surface area contributed by atoms with Crippen molar-refractivity contribution < 1.29 is 17.9 Å². The van der Waals surface area contributed by atoms with Crippen molar-refractivity contribution in [1.82, 2.24) is 14.6 Å². The summed E-state index contributed by atoms with van der Waals surface area (Å²) in [4.78, 5) is 4.55. The molecule has 0 aliphatic heterocycles. The van der Waals surface area contributed by atoms with Crippen LogP contribution in [-0.2, 0) is 6.18 Å². The maximum atomic E-state index is 13.8. The summed E-state index contributed by atoms with van der Waals surface area (Å²) < 4.78 is 48.6. The van der Waals surface area contributed by atoms with Crippen LogP contribution in [0.4, 0.5) is 13.2 Å². The molecule has 0 saturated carbocycles. The summed E-state index contributed by atoms with van der Waals surface area (Å²) in [5.74, 6) is 0.537. The van der Waals surface area contributed by atoms with Gasteiger partial charge in [-0.15, -0.1) is 0 Å². The first kappa shape index (κ1) is 19.4. The van der Waals surface area contributed by atoms with Gasteiger partial charge in [0.2, 0.25) is 0 Å². The number of methoxy groups -OCH3 is 1. The van der Waals surface area contributed by atoms with Gasteiger partial charge in [-0.05, 0) is 31.2 Å². The summed E-state index contributed by atoms with van der Waals surface area (Å²) in [6, 6.07) is 15.1. The summed E-state index contributed by atoms with van der Waals surface area (Å²) >= 11 is 3.34. The Hall–Kier alpha value is -2.87. The maximum Gasteiger partial charge on any atom is 0.433 e. The van der Waals surface area contributed by atoms with E-state index in [9.17, 15) is 13.2 Å². The number of ether oxygens (including phenoxy) is 1. The maximum absolute atomic E-state index is 13.8. The smallest absolute Gasteiger partial charge is 0.433 e. The third-order valence-electron chi connectivity index (χ3n) is 4.57. The van der Waals surface area contributed by atoms with E-state index < -0.39 is 11.9 Å². The molecule has 2 heterocycles. The van der Waals surface area contributed by atoms with Crippen LogP contribution in [0.25, 0.3) is 28.0 Å². The topological polar surface area (TPSA) is 39.4 Å². The highest BCUT2D eigenvalue weighted by Crippen LogP contribution is 2.38. The molecule has 0 saturated heterocycles. The van der Waals surface area contributed by atoms with E-state index in [4.69, 9.17) is 4.74 Å². The minimum Gasteiger partial charge on any atom is -0.496 e. The Balaban J connectivity index is 2.07. The molecule has 29 heavy (non-hydrogen) atoms. The average Bonchev–Trinajstić information content (AvgIpc) is 3.02. The van der Waals surface area contributed by atoms with Crippen LogP contribution in [0.3, 0.4) is 0 Å². The van der Waals surface area contributed by atoms with E-state index in [-0.39, 0.29) is 11.3 Å². The van der Waals surface area contributed by atoms with Crippen LogP contribution >= 0.6 is 15.9 Å². The lowest BCUT2D eigenvalue weighted by atomic mass is 10.0. The van der Waals surface area contributed by atoms with Crippen LogP contribution in [0.2, 0.25) is 0 Å². The molecule has 0 radical (unpaired) electrons. The molecule has 0 atom stereocenters. The van der Waals surface area contributed by atoms with Gasteiger partial charge in [0, 0.05) is 15.6 Å². The number of para-hydroxylation sites is 1. The van der Waals surface area contributed by atoms with E-state index in [1.165, 1.54) is 7.11 Å². The number of benzene rings is 2. The fraction of sp³-hybridized carbons (Fsp3) is 0.143. The molecule has 0 amide bonds. The third kappa shape index (κ3) is 3.48. The third-order valence-corrected chi connectivity index (χ3v) is 5.10. The number of fused-ring (bicyclic) bond motifs is 1. The van der Waals surface area contributed by atoms with Crippen molar-refractivity contribution in [2.75, 3.05) is 7.11 Å². The highest BCUT2D eigenvalue weighted by molar-refractivity contribution is 9.10. The SMILES string of the molecule is COc1ccccc1-c1c(C)nn2c(C(F)(F)F)cc(-c3ccc(Br)cc3)nc12. The van der Waals surface area contributed by atoms with Gasteiger partial charge in [-0.2, -0.15) is 18.3 Å². The van der Waals surface area contributed by atoms with Gasteiger partial charge < -0.3 is 4.74 Å². The largest absolute Gasteiger partial charge is 0.496 e. The molecule has 0 bridgehead atoms. The molecule has 4 nitrogen and oxygen atoms in total. The first-order chi connectivity index (χ1) is 13.8. The van der Waals surface area contributed by atoms with Crippen LogP contribution in [-0.4, -0.2) is 21.7 Å². The monoisotopic (exact) mass is 461 g/mol. The molecule has 2 aromatic carbocycles. The van der Waals surface area contributed by atoms with Crippen molar-refractivity contribution in [1.29, 1.82) is 0 Å². The quantitative estimate of drug-likeness (QED) is 0.366. The highest BCUT2D eigenvalue weighted by atomic mass is 79.9. The second-order valence-corrected chi connectivity index (χ2v) is 7.34. The van der Waals surface area contributed by atoms with E-state index in [0.29, 0.717) is 28.1 Å². The minimum atomic E-state index is -4.60. The average molecular weight is 462 g/mol. The molecular formula is C21H15BrF3N3O. The zero-order valence-electron chi connectivity index (χ0n) is 15.5. The van der Waals surface area contributed by atoms with E-state index in [2.05, 4.69) is 26.0 Å². The molecule has 0 unspecified atom stereocenters. The van der Waals surface area contributed by atoms with E-state index in [1.807, 2.05) is 0 Å². The van der Waals surface area contributed by atoms with E-state index in [0.717, 1.165) is 15.1 Å². The summed E-state index contributed by atoms with van der Waals surface area (Å²) in [7, 11) is 1.52. The molecule has 0 spiro atoms. The molecule has 0 fully saturated rings. The van der Waals surface area contributed by atoms with Crippen molar-refractivity contribution in [2.45, 2.75) is 13.1 Å². The lowest BCUT2D eigenvalue weighted by Gasteiger charge is -2.12. The number of aromatic nitrogens is 3. The number of nitrogens with zero attached hydrogens (tertiary/aromatic N) is 3. The Labute approximate surface area is 173 Å². The number of rotatable bonds is 3. The first-order valence-corrected chi connectivity index (χ1v) is 9.46. The highest BCUT2D eigenvalue weighted by Gasteiger charge is 2.36. The van der Waals surface area contributed by atoms with Crippen molar-refractivity contribution in [3.8, 4) is 28.1 Å². The van der Waals surface area contributed by atoms with Gasteiger partial charge >= 0.3 is 6.18 Å². The first-order valence-electron chi connectivity index (χ1n) is 8.66. The van der Waals surface area contributed by atoms with Crippen LogP contribution < -0.4 is 4.74 Å². The summed E-state index contributed by atoms with van der Waals surface area (Å²) in [6.45, 7) is 1.66. The normalized spacial score (nSPS) is 11.8. The number of hydrogen-bond acceptors (Lipinski definition) is 3. The van der Waals surface area contributed by atoms with Crippen molar-refractivity contribution in [3.63, 3.8) is 0 Å². The number of halogens is 4. The molecule has 148 valence electrons. The fourth-order valence-corrected chi connectivity index (χ4v) is 3.52. The Morgan fingerprint density at radius 3 is 2.38 bits per heavy atom. The predicted molar refractivity (Wildman–Crippen MR) is 108 cm³/mol. The molecule has 8 heteroatoms. The standard InChI is InChI=1S/C21H15BrF3N3O/c1-12-19(15-5-3-4-6-17(15)29-2)20-26-16(13-7-9-14(22)10-8-13)11-18(21(23,24)25)28(20)27-12/h3-11H,1-2H3. The molecule has 0 N–H and O–H groups in total. The van der Waals surface area contributed by atoms with Gasteiger partial charge in [0.25, 0.3) is 0 Å². The van der Waals surface area contributed by atoms with E-state index >= 15 is 0 Å². The predicted octanol–water partition coefficient (Wildman–Crippen LogP) is 6.16. The van der Waals surface area contributed by atoms with Crippen LogP contribution in [0.5, 0.6) is 5.75 Å². The van der Waals surface area contributed by atoms with Gasteiger partial charge in [0.15, 0.2) is 11.3 Å². The van der Waals surface area contributed by atoms with Gasteiger partial charge in [-0.1, -0.05) is 46.3 Å². The van der Waals surface area contributed by atoms with Crippen LogP contribution in [0.15, 0.2) is 59.1 Å². The van der Waals surface area contributed by atoms with Crippen LogP contribution in [0.1, 0.15) is 11.4 Å². The summed E-state index contributed by atoms with van der Waals surface area (Å²) in [5.41, 5.74) is 1.60. The Morgan fingerprint density at radius 2 is 1.72 bits per heavy atom. The van der Waals surface area contributed by atoms with Gasteiger partial charge in [0.05, 0.1) is 24.1 Å². The lowest BCUT2D eigenvalue weighted by molar-refractivity contribution is -0.142. The Morgan fingerprint density at radius 1 is 1.03 bits per heavy atom. The lowest BCUT2D eigenvalue weighted by Crippen LogP contribution is -2.13. The Bertz CT molecular complexity index is 1200. The number of aryl methyl sites for hydroxylation is 1. The number of alkyl halides is 3. The number of hydrogen-bond donors (Lipinski definition) is 0. The van der Waals surface area contributed by atoms with E-state index in [1.54, 1.807) is 55.5 Å². The summed E-state index contributed by atoms with van der Waals surface area (Å²) in [5, 5.41) is 4.15. The molecule has 2 aromatic heterocycles. The van der Waals surface area contributed by atoms with Gasteiger partial charge in [-0.25, -0.2) is 9.50 Å². The van der Waals surface area contributed by atoms with Crippen molar-refractivity contribution in [3.05, 3.63) is 70.5 Å². The molecule has 4 rings (SSSR count).